The van der Waals surface area contributed by atoms with Gasteiger partial charge in [-0.3, -0.25) is 9.59 Å². The summed E-state index contributed by atoms with van der Waals surface area (Å²) in [6.45, 7) is 5.96. The summed E-state index contributed by atoms with van der Waals surface area (Å²) in [5.41, 5.74) is 0. The van der Waals surface area contributed by atoms with Crippen LogP contribution in [0.25, 0.3) is 0 Å². The van der Waals surface area contributed by atoms with E-state index in [0.29, 0.717) is 19.3 Å². The van der Waals surface area contributed by atoms with E-state index in [9.17, 15) is 9.59 Å². The first-order valence-corrected chi connectivity index (χ1v) is 4.93. The highest BCUT2D eigenvalue weighted by Gasteiger charge is 2.03. The molecule has 0 atom stereocenters. The number of carbonyl (C=O) groups is 2. The van der Waals surface area contributed by atoms with E-state index in [4.69, 9.17) is 0 Å². The summed E-state index contributed by atoms with van der Waals surface area (Å²) in [6, 6.07) is 0. The van der Waals surface area contributed by atoms with Crippen LogP contribution in [0, 0.1) is 0 Å². The van der Waals surface area contributed by atoms with Crippen molar-refractivity contribution in [3.8, 4) is 0 Å². The smallest absolute Gasteiger partial charge is 0.220 e. The maximum absolute atomic E-state index is 10.9. The van der Waals surface area contributed by atoms with Gasteiger partial charge in [0.1, 0.15) is 5.78 Å². The third kappa shape index (κ3) is 11.1. The quantitative estimate of drug-likeness (QED) is 0.714. The molecule has 0 aromatic rings. The van der Waals surface area contributed by atoms with Crippen LogP contribution < -0.4 is 5.32 Å². The highest BCUT2D eigenvalue weighted by molar-refractivity contribution is 5.84. The molecule has 78 valence electrons. The summed E-state index contributed by atoms with van der Waals surface area (Å²) in [4.78, 5) is 21.5. The lowest BCUT2D eigenvalue weighted by atomic mass is 10.1. The second-order valence-corrected chi connectivity index (χ2v) is 2.46. The number of carbonyl (C=O) groups excluding carboxylic acids is 2. The van der Waals surface area contributed by atoms with E-state index in [2.05, 4.69) is 5.32 Å². The van der Waals surface area contributed by atoms with E-state index in [-0.39, 0.29) is 11.7 Å². The summed E-state index contributed by atoms with van der Waals surface area (Å²) in [7, 11) is 1.58. The van der Waals surface area contributed by atoms with Crippen LogP contribution in [0.3, 0.4) is 0 Å². The molecule has 0 radical (unpaired) electrons. The molecule has 0 heterocycles. The Labute approximate surface area is 80.9 Å². The molecule has 0 aromatic carbocycles. The number of rotatable bonds is 5. The number of ketones is 1. The predicted octanol–water partition coefficient (Wildman–Crippen LogP) is 1.91. The fraction of sp³-hybridized carbons (Fsp3) is 0.800. The molecule has 0 saturated carbocycles. The van der Waals surface area contributed by atoms with E-state index >= 15 is 0 Å². The monoisotopic (exact) mass is 187 g/mol. The molecule has 0 unspecified atom stereocenters. The maximum atomic E-state index is 10.9. The first-order chi connectivity index (χ1) is 6.20. The fourth-order valence-corrected chi connectivity index (χ4v) is 0.782. The largest absolute Gasteiger partial charge is 0.359 e. The molecule has 0 saturated heterocycles. The molecular weight excluding hydrogens is 166 g/mol. The minimum absolute atomic E-state index is 0.0607. The molecule has 0 bridgehead atoms. The molecule has 13 heavy (non-hydrogen) atoms. The lowest BCUT2D eigenvalue weighted by molar-refractivity contribution is -0.125. The molecular formula is C10H21NO2. The third-order valence-electron chi connectivity index (χ3n) is 1.44. The summed E-state index contributed by atoms with van der Waals surface area (Å²) >= 11 is 0. The standard InChI is InChI=1S/C8H15NO2.C2H6/c1-3-4-7(10)5-6-8(11)9-2;1-2/h3-6H2,1-2H3,(H,9,11);1-2H3. The van der Waals surface area contributed by atoms with E-state index < -0.39 is 0 Å². The van der Waals surface area contributed by atoms with E-state index in [1.807, 2.05) is 20.8 Å². The molecule has 0 aliphatic carbocycles. The van der Waals surface area contributed by atoms with Crippen LogP contribution >= 0.6 is 0 Å². The van der Waals surface area contributed by atoms with Crippen LogP contribution in [-0.2, 0) is 9.59 Å². The molecule has 0 aliphatic rings. The molecule has 0 spiro atoms. The van der Waals surface area contributed by atoms with Gasteiger partial charge in [-0.25, -0.2) is 0 Å². The average Bonchev–Trinajstić information content (AvgIpc) is 2.18. The SMILES string of the molecule is CC.CCCC(=O)CCC(=O)NC. The topological polar surface area (TPSA) is 46.2 Å². The van der Waals surface area contributed by atoms with Crippen molar-refractivity contribution in [2.75, 3.05) is 7.05 Å². The van der Waals surface area contributed by atoms with Crippen molar-refractivity contribution in [2.45, 2.75) is 46.5 Å². The molecule has 0 rings (SSSR count). The van der Waals surface area contributed by atoms with Crippen LogP contribution in [0.1, 0.15) is 46.5 Å². The van der Waals surface area contributed by atoms with Gasteiger partial charge in [0, 0.05) is 26.3 Å². The van der Waals surface area contributed by atoms with Gasteiger partial charge in [0.05, 0.1) is 0 Å². The lowest BCUT2D eigenvalue weighted by Crippen LogP contribution is -2.18. The van der Waals surface area contributed by atoms with Crippen molar-refractivity contribution in [3.05, 3.63) is 0 Å². The van der Waals surface area contributed by atoms with Crippen molar-refractivity contribution in [1.82, 2.24) is 5.32 Å². The van der Waals surface area contributed by atoms with E-state index in [0.717, 1.165) is 6.42 Å². The zero-order valence-electron chi connectivity index (χ0n) is 9.14. The van der Waals surface area contributed by atoms with Gasteiger partial charge in [0.25, 0.3) is 0 Å². The Bertz CT molecular complexity index is 144. The Morgan fingerprint density at radius 3 is 2.00 bits per heavy atom. The predicted molar refractivity (Wildman–Crippen MR) is 54.6 cm³/mol. The van der Waals surface area contributed by atoms with Crippen molar-refractivity contribution in [2.24, 2.45) is 0 Å². The van der Waals surface area contributed by atoms with Gasteiger partial charge in [-0.15, -0.1) is 0 Å². The summed E-state index contributed by atoms with van der Waals surface area (Å²) < 4.78 is 0. The number of hydrogen-bond donors (Lipinski definition) is 1. The van der Waals surface area contributed by atoms with Crippen molar-refractivity contribution in [1.29, 1.82) is 0 Å². The average molecular weight is 187 g/mol. The van der Waals surface area contributed by atoms with Gasteiger partial charge in [-0.1, -0.05) is 20.8 Å². The van der Waals surface area contributed by atoms with Crippen LogP contribution in [-0.4, -0.2) is 18.7 Å². The molecule has 3 heteroatoms. The van der Waals surface area contributed by atoms with Gasteiger partial charge < -0.3 is 5.32 Å². The van der Waals surface area contributed by atoms with Gasteiger partial charge >= 0.3 is 0 Å². The molecule has 0 fully saturated rings. The first kappa shape index (κ1) is 14.7. The van der Waals surface area contributed by atoms with E-state index in [1.54, 1.807) is 7.05 Å². The minimum Gasteiger partial charge on any atom is -0.359 e. The van der Waals surface area contributed by atoms with Crippen LogP contribution in [0.2, 0.25) is 0 Å². The zero-order valence-corrected chi connectivity index (χ0v) is 9.14. The number of amides is 1. The Hall–Kier alpha value is -0.860. The summed E-state index contributed by atoms with van der Waals surface area (Å²) in [5, 5.41) is 2.47. The minimum atomic E-state index is -0.0607. The normalized spacial score (nSPS) is 8.31. The zero-order chi connectivity index (χ0) is 10.7. The van der Waals surface area contributed by atoms with Gasteiger partial charge in [-0.05, 0) is 6.42 Å². The van der Waals surface area contributed by atoms with Crippen molar-refractivity contribution < 1.29 is 9.59 Å². The highest BCUT2D eigenvalue weighted by atomic mass is 16.2. The summed E-state index contributed by atoms with van der Waals surface area (Å²) in [6.07, 6.45) is 2.17. The molecule has 1 N–H and O–H groups in total. The maximum Gasteiger partial charge on any atom is 0.220 e. The molecule has 0 aromatic heterocycles. The second kappa shape index (κ2) is 11.1. The van der Waals surface area contributed by atoms with Gasteiger partial charge in [0.2, 0.25) is 5.91 Å². The Balaban J connectivity index is 0. The van der Waals surface area contributed by atoms with Crippen LogP contribution in [0.4, 0.5) is 0 Å². The van der Waals surface area contributed by atoms with Crippen molar-refractivity contribution >= 4 is 11.7 Å². The highest BCUT2D eigenvalue weighted by Crippen LogP contribution is 1.97. The lowest BCUT2D eigenvalue weighted by Gasteiger charge is -1.97. The second-order valence-electron chi connectivity index (χ2n) is 2.46. The third-order valence-corrected chi connectivity index (χ3v) is 1.44. The Kier molecular flexibility index (Phi) is 12.6. The molecule has 1 amide bonds. The number of Topliss-reactive ketones (excluding diaryl/α,β-unsaturated/α-hetero) is 1. The van der Waals surface area contributed by atoms with Gasteiger partial charge in [0.15, 0.2) is 0 Å². The van der Waals surface area contributed by atoms with Crippen LogP contribution in [0.15, 0.2) is 0 Å². The molecule has 3 nitrogen and oxygen atoms in total. The molecule has 0 aliphatic heterocycles. The van der Waals surface area contributed by atoms with Gasteiger partial charge in [-0.2, -0.15) is 0 Å². The Morgan fingerprint density at radius 1 is 1.08 bits per heavy atom. The number of nitrogens with one attached hydrogen (secondary N) is 1. The Morgan fingerprint density at radius 2 is 1.62 bits per heavy atom. The van der Waals surface area contributed by atoms with Crippen molar-refractivity contribution in [3.63, 3.8) is 0 Å². The summed E-state index contributed by atoms with van der Waals surface area (Å²) in [5.74, 6) is 0.116. The van der Waals surface area contributed by atoms with E-state index in [1.165, 1.54) is 0 Å². The first-order valence-electron chi connectivity index (χ1n) is 4.93. The number of hydrogen-bond acceptors (Lipinski definition) is 2. The fourth-order valence-electron chi connectivity index (χ4n) is 0.782. The van der Waals surface area contributed by atoms with Crippen LogP contribution in [0.5, 0.6) is 0 Å².